The molecule has 0 spiro atoms. The molecule has 1 unspecified atom stereocenters. The largest absolute Gasteiger partial charge is 0.294 e. The fraction of sp³-hybridized carbons (Fsp3) is 0.467. The Labute approximate surface area is 107 Å². The predicted octanol–water partition coefficient (Wildman–Crippen LogP) is 4.10. The molecular weight excluding hydrogens is 229 g/mol. The predicted molar refractivity (Wildman–Crippen MR) is 68.8 cm³/mol. The van der Waals surface area contributed by atoms with Gasteiger partial charge in [-0.15, -0.1) is 0 Å². The van der Waals surface area contributed by atoms with Crippen molar-refractivity contribution in [2.45, 2.75) is 39.5 Å². The lowest BCUT2D eigenvalue weighted by atomic mass is 9.90. The second-order valence-electron chi connectivity index (χ2n) is 4.42. The molecule has 18 heavy (non-hydrogen) atoms. The minimum atomic E-state index is -0.573. The minimum absolute atomic E-state index is 0.0162. The van der Waals surface area contributed by atoms with Crippen LogP contribution in [-0.2, 0) is 0 Å². The van der Waals surface area contributed by atoms with E-state index in [4.69, 9.17) is 5.26 Å². The summed E-state index contributed by atoms with van der Waals surface area (Å²) in [6, 6.07) is 5.78. The van der Waals surface area contributed by atoms with Crippen molar-refractivity contribution in [1.29, 1.82) is 5.26 Å². The van der Waals surface area contributed by atoms with Crippen LogP contribution >= 0.6 is 0 Å². The molecule has 1 rings (SSSR count). The number of nitrogens with zero attached hydrogens (tertiary/aromatic N) is 1. The number of carbonyl (C=O) groups excluding carboxylic acids is 1. The number of hydrogen-bond donors (Lipinski definition) is 0. The lowest BCUT2D eigenvalue weighted by Gasteiger charge is -2.13. The Morgan fingerprint density at radius 3 is 2.72 bits per heavy atom. The molecule has 0 aromatic heterocycles. The van der Waals surface area contributed by atoms with E-state index in [1.54, 1.807) is 6.07 Å². The van der Waals surface area contributed by atoms with Crippen molar-refractivity contribution in [3.63, 3.8) is 0 Å². The second kappa shape index (κ2) is 6.90. The number of benzene rings is 1. The molecule has 0 heterocycles. The Balaban J connectivity index is 2.92. The van der Waals surface area contributed by atoms with Crippen LogP contribution < -0.4 is 0 Å². The molecule has 2 nitrogen and oxygen atoms in total. The van der Waals surface area contributed by atoms with Gasteiger partial charge in [0.05, 0.1) is 5.56 Å². The smallest absolute Gasteiger partial charge is 0.165 e. The molecule has 0 N–H and O–H groups in total. The highest BCUT2D eigenvalue weighted by atomic mass is 19.1. The normalized spacial score (nSPS) is 11.9. The average Bonchev–Trinajstić information content (AvgIpc) is 2.40. The number of carbonyl (C=O) groups is 1. The van der Waals surface area contributed by atoms with Gasteiger partial charge in [-0.05, 0) is 31.0 Å². The fourth-order valence-corrected chi connectivity index (χ4v) is 1.97. The quantitative estimate of drug-likeness (QED) is 0.710. The Bertz CT molecular complexity index is 462. The monoisotopic (exact) mass is 247 g/mol. The van der Waals surface area contributed by atoms with Crippen LogP contribution in [0, 0.1) is 23.1 Å². The molecule has 0 saturated heterocycles. The molecule has 0 fully saturated rings. The van der Waals surface area contributed by atoms with E-state index in [0.717, 1.165) is 25.7 Å². The van der Waals surface area contributed by atoms with Gasteiger partial charge in [-0.3, -0.25) is 4.79 Å². The third kappa shape index (κ3) is 3.40. The van der Waals surface area contributed by atoms with Gasteiger partial charge in [0.1, 0.15) is 11.9 Å². The third-order valence-corrected chi connectivity index (χ3v) is 3.14. The highest BCUT2D eigenvalue weighted by Crippen LogP contribution is 2.20. The molecule has 0 aliphatic heterocycles. The van der Waals surface area contributed by atoms with Crippen molar-refractivity contribution in [1.82, 2.24) is 0 Å². The SMILES string of the molecule is CCCCC(CC)C(=O)c1ccc(F)c(C#N)c1. The first-order valence-electron chi connectivity index (χ1n) is 6.37. The summed E-state index contributed by atoms with van der Waals surface area (Å²) in [6.07, 6.45) is 3.69. The number of ketones is 1. The number of halogens is 1. The summed E-state index contributed by atoms with van der Waals surface area (Å²) < 4.78 is 13.2. The Hall–Kier alpha value is -1.69. The molecule has 0 saturated carbocycles. The van der Waals surface area contributed by atoms with Gasteiger partial charge >= 0.3 is 0 Å². The highest BCUT2D eigenvalue weighted by molar-refractivity contribution is 5.98. The fourth-order valence-electron chi connectivity index (χ4n) is 1.97. The summed E-state index contributed by atoms with van der Waals surface area (Å²) >= 11 is 0. The highest BCUT2D eigenvalue weighted by Gasteiger charge is 2.18. The zero-order chi connectivity index (χ0) is 13.5. The van der Waals surface area contributed by atoms with Crippen LogP contribution in [0.3, 0.4) is 0 Å². The summed E-state index contributed by atoms with van der Waals surface area (Å²) in [5.74, 6) is -0.583. The molecule has 0 bridgehead atoms. The molecule has 0 aliphatic carbocycles. The van der Waals surface area contributed by atoms with Gasteiger partial charge in [-0.25, -0.2) is 4.39 Å². The summed E-state index contributed by atoms with van der Waals surface area (Å²) in [5.41, 5.74) is 0.377. The molecule has 3 heteroatoms. The van der Waals surface area contributed by atoms with Crippen LogP contribution in [0.5, 0.6) is 0 Å². The molecule has 0 radical (unpaired) electrons. The van der Waals surface area contributed by atoms with Crippen LogP contribution in [-0.4, -0.2) is 5.78 Å². The Morgan fingerprint density at radius 1 is 1.44 bits per heavy atom. The number of nitriles is 1. The zero-order valence-electron chi connectivity index (χ0n) is 10.9. The number of rotatable bonds is 6. The van der Waals surface area contributed by atoms with Gasteiger partial charge in [0, 0.05) is 11.5 Å². The second-order valence-corrected chi connectivity index (χ2v) is 4.42. The van der Waals surface area contributed by atoms with Gasteiger partial charge in [0.15, 0.2) is 5.78 Å². The maximum absolute atomic E-state index is 13.2. The first-order chi connectivity index (χ1) is 8.63. The zero-order valence-corrected chi connectivity index (χ0v) is 10.9. The van der Waals surface area contributed by atoms with E-state index in [9.17, 15) is 9.18 Å². The van der Waals surface area contributed by atoms with E-state index < -0.39 is 5.82 Å². The van der Waals surface area contributed by atoms with Crippen LogP contribution in [0.25, 0.3) is 0 Å². The van der Waals surface area contributed by atoms with Gasteiger partial charge < -0.3 is 0 Å². The number of unbranched alkanes of at least 4 members (excludes halogenated alkanes) is 1. The van der Waals surface area contributed by atoms with Crippen molar-refractivity contribution in [2.75, 3.05) is 0 Å². The summed E-state index contributed by atoms with van der Waals surface area (Å²) in [6.45, 7) is 4.07. The van der Waals surface area contributed by atoms with Crippen molar-refractivity contribution in [2.24, 2.45) is 5.92 Å². The maximum Gasteiger partial charge on any atom is 0.165 e. The molecular formula is C15H18FNO. The Kier molecular flexibility index (Phi) is 5.51. The van der Waals surface area contributed by atoms with E-state index in [-0.39, 0.29) is 17.3 Å². The first kappa shape index (κ1) is 14.4. The molecule has 1 atom stereocenters. The van der Waals surface area contributed by atoms with Crippen LogP contribution in [0.4, 0.5) is 4.39 Å². The molecule has 0 amide bonds. The first-order valence-corrected chi connectivity index (χ1v) is 6.37. The van der Waals surface area contributed by atoms with E-state index in [1.165, 1.54) is 18.2 Å². The van der Waals surface area contributed by atoms with Crippen molar-refractivity contribution in [3.05, 3.63) is 35.1 Å². The molecule has 0 aliphatic rings. The third-order valence-electron chi connectivity index (χ3n) is 3.14. The lowest BCUT2D eigenvalue weighted by Crippen LogP contribution is -2.14. The average molecular weight is 247 g/mol. The molecule has 96 valence electrons. The van der Waals surface area contributed by atoms with E-state index in [1.807, 2.05) is 6.92 Å². The van der Waals surface area contributed by atoms with E-state index >= 15 is 0 Å². The minimum Gasteiger partial charge on any atom is -0.294 e. The molecule has 1 aromatic carbocycles. The summed E-state index contributed by atoms with van der Waals surface area (Å²) in [7, 11) is 0. The Morgan fingerprint density at radius 2 is 2.17 bits per heavy atom. The standard InChI is InChI=1S/C15H18FNO/c1-3-5-6-11(4-2)15(18)12-7-8-14(16)13(9-12)10-17/h7-9,11H,3-6H2,1-2H3. The molecule has 1 aromatic rings. The van der Waals surface area contributed by atoms with E-state index in [0.29, 0.717) is 5.56 Å². The van der Waals surface area contributed by atoms with Gasteiger partial charge in [-0.1, -0.05) is 26.7 Å². The number of Topliss-reactive ketones (excluding diaryl/α,β-unsaturated/α-hetero) is 1. The number of hydrogen-bond acceptors (Lipinski definition) is 2. The van der Waals surface area contributed by atoms with Gasteiger partial charge in [0.2, 0.25) is 0 Å². The van der Waals surface area contributed by atoms with Crippen molar-refractivity contribution >= 4 is 5.78 Å². The van der Waals surface area contributed by atoms with Crippen LogP contribution in [0.15, 0.2) is 18.2 Å². The maximum atomic E-state index is 13.2. The van der Waals surface area contributed by atoms with Crippen molar-refractivity contribution < 1.29 is 9.18 Å². The van der Waals surface area contributed by atoms with E-state index in [2.05, 4.69) is 6.92 Å². The van der Waals surface area contributed by atoms with Crippen LogP contribution in [0.2, 0.25) is 0 Å². The lowest BCUT2D eigenvalue weighted by molar-refractivity contribution is 0.0908. The topological polar surface area (TPSA) is 40.9 Å². The van der Waals surface area contributed by atoms with Crippen molar-refractivity contribution in [3.8, 4) is 6.07 Å². The van der Waals surface area contributed by atoms with Crippen LogP contribution in [0.1, 0.15) is 55.5 Å². The summed E-state index contributed by atoms with van der Waals surface area (Å²) in [5, 5.41) is 8.76. The van der Waals surface area contributed by atoms with Gasteiger partial charge in [-0.2, -0.15) is 5.26 Å². The van der Waals surface area contributed by atoms with Gasteiger partial charge in [0.25, 0.3) is 0 Å². The summed E-state index contributed by atoms with van der Waals surface area (Å²) in [4.78, 5) is 12.2.